The van der Waals surface area contributed by atoms with Gasteiger partial charge in [0.15, 0.2) is 0 Å². The van der Waals surface area contributed by atoms with Crippen LogP contribution in [0.1, 0.15) is 40.0 Å². The molecule has 0 bridgehead atoms. The van der Waals surface area contributed by atoms with Crippen LogP contribution in [0, 0.1) is 17.8 Å². The maximum atomic E-state index is 12.0. The summed E-state index contributed by atoms with van der Waals surface area (Å²) in [6.45, 7) is 7.59. The first kappa shape index (κ1) is 11.9. The Morgan fingerprint density at radius 3 is 2.56 bits per heavy atom. The second-order valence-electron chi connectivity index (χ2n) is 6.24. The Balaban J connectivity index is 1.88. The van der Waals surface area contributed by atoms with Crippen LogP contribution < -0.4 is 5.32 Å². The highest BCUT2D eigenvalue weighted by atomic mass is 16.6. The number of hydrogen-bond donors (Lipinski definition) is 1. The summed E-state index contributed by atoms with van der Waals surface area (Å²) in [6.07, 6.45) is 3.92. The molecule has 2 rings (SSSR count). The molecule has 2 atom stereocenters. The Kier molecular flexibility index (Phi) is 3.24. The fourth-order valence-corrected chi connectivity index (χ4v) is 2.42. The lowest BCUT2D eigenvalue weighted by atomic mass is 9.91. The molecular formula is C13H23NO2. The zero-order valence-electron chi connectivity index (χ0n) is 10.6. The van der Waals surface area contributed by atoms with Crippen LogP contribution in [0.5, 0.6) is 0 Å². The maximum absolute atomic E-state index is 12.0. The molecule has 1 saturated heterocycles. The number of nitrogens with one attached hydrogen (secondary N) is 1. The lowest BCUT2D eigenvalue weighted by Crippen LogP contribution is -2.32. The van der Waals surface area contributed by atoms with Crippen molar-refractivity contribution in [3.8, 4) is 0 Å². The smallest absolute Gasteiger partial charge is 0.311 e. The molecule has 0 aromatic heterocycles. The molecule has 1 aliphatic heterocycles. The van der Waals surface area contributed by atoms with Crippen molar-refractivity contribution in [3.63, 3.8) is 0 Å². The molecule has 0 unspecified atom stereocenters. The van der Waals surface area contributed by atoms with Gasteiger partial charge in [-0.2, -0.15) is 0 Å². The third kappa shape index (κ3) is 3.21. The zero-order chi connectivity index (χ0) is 11.8. The van der Waals surface area contributed by atoms with E-state index < -0.39 is 0 Å². The van der Waals surface area contributed by atoms with Crippen molar-refractivity contribution in [3.05, 3.63) is 0 Å². The standard InChI is InChI=1S/C13H23NO2/c1-13(2,3)16-12(15)11-8-14-7-10(11)6-9-4-5-9/h9-11,14H,4-8H2,1-3H3/t10-,11-/m1/s1. The van der Waals surface area contributed by atoms with E-state index in [2.05, 4.69) is 5.32 Å². The van der Waals surface area contributed by atoms with Gasteiger partial charge in [-0.3, -0.25) is 4.79 Å². The predicted molar refractivity (Wildman–Crippen MR) is 63.0 cm³/mol. The van der Waals surface area contributed by atoms with E-state index in [1.165, 1.54) is 19.3 Å². The quantitative estimate of drug-likeness (QED) is 0.746. The third-order valence-corrected chi connectivity index (χ3v) is 3.38. The molecule has 2 aliphatic rings. The van der Waals surface area contributed by atoms with Gasteiger partial charge in [-0.15, -0.1) is 0 Å². The molecule has 0 spiro atoms. The Bertz CT molecular complexity index is 266. The van der Waals surface area contributed by atoms with Gasteiger partial charge in [0.05, 0.1) is 5.92 Å². The Morgan fingerprint density at radius 2 is 2.00 bits per heavy atom. The highest BCUT2D eigenvalue weighted by Gasteiger charge is 2.38. The summed E-state index contributed by atoms with van der Waals surface area (Å²) in [5.41, 5.74) is -0.357. The van der Waals surface area contributed by atoms with Gasteiger partial charge in [-0.1, -0.05) is 12.8 Å². The molecule has 1 saturated carbocycles. The molecule has 0 radical (unpaired) electrons. The van der Waals surface area contributed by atoms with Crippen LogP contribution >= 0.6 is 0 Å². The van der Waals surface area contributed by atoms with Gasteiger partial charge in [-0.25, -0.2) is 0 Å². The summed E-state index contributed by atoms with van der Waals surface area (Å²) in [7, 11) is 0. The predicted octanol–water partition coefficient (Wildman–Crippen LogP) is 1.96. The number of ether oxygens (including phenoxy) is 1. The van der Waals surface area contributed by atoms with Gasteiger partial charge in [0, 0.05) is 6.54 Å². The average Bonchev–Trinajstić information content (AvgIpc) is 2.78. The average molecular weight is 225 g/mol. The van der Waals surface area contributed by atoms with Crippen LogP contribution in [-0.2, 0) is 9.53 Å². The van der Waals surface area contributed by atoms with Crippen LogP contribution in [0.4, 0.5) is 0 Å². The molecule has 92 valence electrons. The number of carbonyl (C=O) groups is 1. The molecule has 2 fully saturated rings. The third-order valence-electron chi connectivity index (χ3n) is 3.38. The van der Waals surface area contributed by atoms with Crippen LogP contribution in [0.3, 0.4) is 0 Å². The normalized spacial score (nSPS) is 30.4. The summed E-state index contributed by atoms with van der Waals surface area (Å²) in [6, 6.07) is 0. The Hall–Kier alpha value is -0.570. The maximum Gasteiger partial charge on any atom is 0.311 e. The molecule has 16 heavy (non-hydrogen) atoms. The van der Waals surface area contributed by atoms with Crippen LogP contribution in [0.25, 0.3) is 0 Å². The highest BCUT2D eigenvalue weighted by molar-refractivity contribution is 5.74. The number of esters is 1. The molecule has 1 aliphatic carbocycles. The topological polar surface area (TPSA) is 38.3 Å². The van der Waals surface area contributed by atoms with E-state index in [1.807, 2.05) is 20.8 Å². The molecule has 1 N–H and O–H groups in total. The minimum absolute atomic E-state index is 0.0110. The zero-order valence-corrected chi connectivity index (χ0v) is 10.6. The van der Waals surface area contributed by atoms with Crippen molar-refractivity contribution in [2.45, 2.75) is 45.6 Å². The highest BCUT2D eigenvalue weighted by Crippen LogP contribution is 2.38. The van der Waals surface area contributed by atoms with Gasteiger partial charge < -0.3 is 10.1 Å². The largest absolute Gasteiger partial charge is 0.460 e. The minimum Gasteiger partial charge on any atom is -0.460 e. The second kappa shape index (κ2) is 4.36. The molecule has 0 amide bonds. The lowest BCUT2D eigenvalue weighted by Gasteiger charge is -2.24. The fraction of sp³-hybridized carbons (Fsp3) is 0.923. The van der Waals surface area contributed by atoms with Crippen LogP contribution in [0.15, 0.2) is 0 Å². The van der Waals surface area contributed by atoms with Crippen molar-refractivity contribution in [2.24, 2.45) is 17.8 Å². The summed E-state index contributed by atoms with van der Waals surface area (Å²) < 4.78 is 5.47. The fourth-order valence-electron chi connectivity index (χ4n) is 2.42. The van der Waals surface area contributed by atoms with Gasteiger partial charge in [0.1, 0.15) is 5.60 Å². The number of carbonyl (C=O) groups excluding carboxylic acids is 1. The van der Waals surface area contributed by atoms with E-state index in [-0.39, 0.29) is 17.5 Å². The molecule has 1 heterocycles. The summed E-state index contributed by atoms with van der Waals surface area (Å²) in [5.74, 6) is 1.46. The minimum atomic E-state index is -0.357. The van der Waals surface area contributed by atoms with Crippen molar-refractivity contribution < 1.29 is 9.53 Å². The van der Waals surface area contributed by atoms with E-state index in [1.54, 1.807) is 0 Å². The van der Waals surface area contributed by atoms with Crippen LogP contribution in [0.2, 0.25) is 0 Å². The first-order valence-electron chi connectivity index (χ1n) is 6.39. The van der Waals surface area contributed by atoms with Crippen LogP contribution in [-0.4, -0.2) is 24.7 Å². The number of rotatable bonds is 3. The Morgan fingerprint density at radius 1 is 1.31 bits per heavy atom. The first-order valence-corrected chi connectivity index (χ1v) is 6.39. The van der Waals surface area contributed by atoms with Gasteiger partial charge in [0.25, 0.3) is 0 Å². The second-order valence-corrected chi connectivity index (χ2v) is 6.24. The van der Waals surface area contributed by atoms with E-state index in [9.17, 15) is 4.79 Å². The monoisotopic (exact) mass is 225 g/mol. The van der Waals surface area contributed by atoms with E-state index >= 15 is 0 Å². The van der Waals surface area contributed by atoms with Crippen molar-refractivity contribution in [2.75, 3.05) is 13.1 Å². The first-order chi connectivity index (χ1) is 7.46. The molecule has 3 nitrogen and oxygen atoms in total. The molecule has 0 aromatic rings. The van der Waals surface area contributed by atoms with Crippen molar-refractivity contribution in [1.29, 1.82) is 0 Å². The van der Waals surface area contributed by atoms with Gasteiger partial charge in [0.2, 0.25) is 0 Å². The summed E-state index contributed by atoms with van der Waals surface area (Å²) >= 11 is 0. The molecule has 0 aromatic carbocycles. The van der Waals surface area contributed by atoms with Gasteiger partial charge >= 0.3 is 5.97 Å². The van der Waals surface area contributed by atoms with E-state index in [0.717, 1.165) is 19.0 Å². The Labute approximate surface area is 97.9 Å². The summed E-state index contributed by atoms with van der Waals surface area (Å²) in [5, 5.41) is 3.32. The van der Waals surface area contributed by atoms with Crippen molar-refractivity contribution >= 4 is 5.97 Å². The SMILES string of the molecule is CC(C)(C)OC(=O)[C@@H]1CNC[C@H]1CC1CC1. The lowest BCUT2D eigenvalue weighted by molar-refractivity contribution is -0.160. The van der Waals surface area contributed by atoms with Crippen molar-refractivity contribution in [1.82, 2.24) is 5.32 Å². The molecule has 3 heteroatoms. The van der Waals surface area contributed by atoms with E-state index in [4.69, 9.17) is 4.74 Å². The number of hydrogen-bond acceptors (Lipinski definition) is 3. The molecular weight excluding hydrogens is 202 g/mol. The van der Waals surface area contributed by atoms with E-state index in [0.29, 0.717) is 5.92 Å². The summed E-state index contributed by atoms with van der Waals surface area (Å²) in [4.78, 5) is 12.0. The van der Waals surface area contributed by atoms with Gasteiger partial charge in [-0.05, 0) is 45.6 Å².